The van der Waals surface area contributed by atoms with E-state index in [1.54, 1.807) is 0 Å². The predicted octanol–water partition coefficient (Wildman–Crippen LogP) is 29.2. The molecule has 680 valence electrons. The van der Waals surface area contributed by atoms with Crippen molar-refractivity contribution in [1.82, 2.24) is 0 Å². The van der Waals surface area contributed by atoms with Gasteiger partial charge >= 0.3 is 33.6 Å². The van der Waals surface area contributed by atoms with Gasteiger partial charge in [0.1, 0.15) is 25.4 Å². The normalized spacial score (nSPS) is 14.6. The molecule has 0 aliphatic heterocycles. The van der Waals surface area contributed by atoms with Gasteiger partial charge < -0.3 is 34.2 Å². The van der Waals surface area contributed by atoms with E-state index in [1.165, 1.54) is 128 Å². The van der Waals surface area contributed by atoms with Gasteiger partial charge in [0, 0.05) is 19.3 Å². The minimum absolute atomic E-state index is 0.0859. The van der Waals surface area contributed by atoms with Crippen LogP contribution < -0.4 is 0 Å². The number of esters is 3. The van der Waals surface area contributed by atoms with Crippen molar-refractivity contribution in [3.8, 4) is 0 Å². The van der Waals surface area contributed by atoms with Crippen LogP contribution in [-0.2, 0) is 55.8 Å². The maximum Gasteiger partial charge on any atom is 0.472 e. The Kier molecular flexibility index (Phi) is 87.7. The highest BCUT2D eigenvalue weighted by Gasteiger charge is 2.29. The molecule has 5 unspecified atom stereocenters. The van der Waals surface area contributed by atoms with Crippen molar-refractivity contribution < 1.29 is 75.8 Å². The quantitative estimate of drug-likeness (QED) is 0.0146. The fourth-order valence-electron chi connectivity index (χ4n) is 12.6. The lowest BCUT2D eigenvalue weighted by Crippen LogP contribution is -2.30. The molecule has 0 radical (unpaired) electrons. The van der Waals surface area contributed by atoms with E-state index in [0.717, 1.165) is 193 Å². The molecular formula is C101H170O16P2. The van der Waals surface area contributed by atoms with E-state index >= 15 is 0 Å². The number of carbonyl (C=O) groups is 3. The van der Waals surface area contributed by atoms with Gasteiger partial charge in [-0.2, -0.15) is 0 Å². The molecule has 0 aliphatic rings. The maximum atomic E-state index is 13.1. The molecule has 4 N–H and O–H groups in total. The number of aliphatic hydroxyl groups is 2. The summed E-state index contributed by atoms with van der Waals surface area (Å²) in [6.07, 6.45) is 121. The van der Waals surface area contributed by atoms with Crippen molar-refractivity contribution in [1.29, 1.82) is 0 Å². The summed E-state index contributed by atoms with van der Waals surface area (Å²) in [7, 11) is -9.82. The Bertz CT molecular complexity index is 2890. The summed E-state index contributed by atoms with van der Waals surface area (Å²) in [5.74, 6) is -1.59. The minimum atomic E-state index is -4.95. The van der Waals surface area contributed by atoms with E-state index < -0.39 is 91.5 Å². The van der Waals surface area contributed by atoms with Crippen LogP contribution in [0.25, 0.3) is 0 Å². The molecule has 0 aliphatic carbocycles. The van der Waals surface area contributed by atoms with Gasteiger partial charge in [0.2, 0.25) is 0 Å². The molecule has 0 aromatic carbocycles. The smallest absolute Gasteiger partial charge is 0.463 e. The van der Waals surface area contributed by atoms with Gasteiger partial charge in [-0.3, -0.25) is 32.5 Å². The zero-order valence-corrected chi connectivity index (χ0v) is 76.8. The lowest BCUT2D eigenvalue weighted by atomic mass is 10.0. The van der Waals surface area contributed by atoms with E-state index in [2.05, 4.69) is 203 Å². The SMILES string of the molecule is CC/C=C\C/C=C\C/C=C\C/C=C\C/C=C\CCCCCCCCCCCCCCCCCCCC(=O)OCC(O)COP(=O)(O)OCC(O)COP(=O)(O)OCC(COC(=O)CCCCCCCCCCCCC/C=C\C/C=C\C/C=C\C/C=C\C/C=C\CC)OC(=O)CCCCCCCCC/C=C\C/C=C\C/C=C\C/C=C\C/C=C\CC. The van der Waals surface area contributed by atoms with Crippen LogP contribution in [-0.4, -0.2) is 95.9 Å². The summed E-state index contributed by atoms with van der Waals surface area (Å²) < 4.78 is 61.5. The topological polar surface area (TPSA) is 231 Å². The first kappa shape index (κ1) is 114. The van der Waals surface area contributed by atoms with Crippen molar-refractivity contribution in [2.45, 2.75) is 399 Å². The first-order valence-electron chi connectivity index (χ1n) is 47.1. The summed E-state index contributed by atoms with van der Waals surface area (Å²) in [5.41, 5.74) is 0. The summed E-state index contributed by atoms with van der Waals surface area (Å²) in [5, 5.41) is 20.8. The second-order valence-electron chi connectivity index (χ2n) is 31.0. The molecule has 0 aromatic heterocycles. The van der Waals surface area contributed by atoms with E-state index in [9.17, 15) is 43.5 Å². The van der Waals surface area contributed by atoms with Crippen LogP contribution in [0.2, 0.25) is 0 Å². The third-order valence-corrected chi connectivity index (χ3v) is 21.5. The number of rotatable bonds is 88. The molecule has 0 amide bonds. The van der Waals surface area contributed by atoms with Crippen LogP contribution in [0.5, 0.6) is 0 Å². The summed E-state index contributed by atoms with van der Waals surface area (Å²) in [6.45, 7) is 2.37. The first-order valence-corrected chi connectivity index (χ1v) is 50.1. The molecule has 0 fully saturated rings. The second kappa shape index (κ2) is 91.8. The number of aliphatic hydroxyl groups excluding tert-OH is 2. The molecule has 18 heteroatoms. The van der Waals surface area contributed by atoms with Crippen molar-refractivity contribution in [3.63, 3.8) is 0 Å². The lowest BCUT2D eigenvalue weighted by molar-refractivity contribution is -0.161. The largest absolute Gasteiger partial charge is 0.472 e. The third kappa shape index (κ3) is 93.2. The zero-order valence-electron chi connectivity index (χ0n) is 75.0. The first-order chi connectivity index (χ1) is 58.2. The van der Waals surface area contributed by atoms with Crippen molar-refractivity contribution in [2.75, 3.05) is 39.6 Å². The highest BCUT2D eigenvalue weighted by atomic mass is 31.2. The summed E-state index contributed by atoms with van der Waals surface area (Å²) in [6, 6.07) is 0. The van der Waals surface area contributed by atoms with Crippen LogP contribution in [0.4, 0.5) is 0 Å². The van der Waals surface area contributed by atoms with E-state index in [4.69, 9.17) is 32.3 Å². The van der Waals surface area contributed by atoms with E-state index in [-0.39, 0.29) is 19.3 Å². The monoisotopic (exact) mass is 1700 g/mol. The fourth-order valence-corrected chi connectivity index (χ4v) is 14.2. The predicted molar refractivity (Wildman–Crippen MR) is 500 cm³/mol. The molecule has 0 spiro atoms. The number of phosphoric acid groups is 2. The average molecular weight is 1700 g/mol. The van der Waals surface area contributed by atoms with E-state index in [0.29, 0.717) is 19.3 Å². The molecule has 0 saturated heterocycles. The number of allylic oxidation sites excluding steroid dienone is 30. The Morgan fingerprint density at radius 1 is 0.235 bits per heavy atom. The Morgan fingerprint density at radius 3 is 0.664 bits per heavy atom. The fraction of sp³-hybridized carbons (Fsp3) is 0.673. The van der Waals surface area contributed by atoms with Crippen molar-refractivity contribution in [2.24, 2.45) is 0 Å². The number of hydrogen-bond acceptors (Lipinski definition) is 14. The number of unbranched alkanes of at least 4 members (excludes halogenated alkanes) is 35. The Hall–Kier alpha value is -5.35. The Balaban J connectivity index is 4.59. The zero-order chi connectivity index (χ0) is 86.5. The molecule has 16 nitrogen and oxygen atoms in total. The summed E-state index contributed by atoms with van der Waals surface area (Å²) in [4.78, 5) is 59.1. The molecule has 0 aromatic rings. The van der Waals surface area contributed by atoms with Gasteiger partial charge in [-0.15, -0.1) is 0 Å². The van der Waals surface area contributed by atoms with Gasteiger partial charge in [0.25, 0.3) is 0 Å². The molecule has 0 bridgehead atoms. The average Bonchev–Trinajstić information content (AvgIpc) is 0.911. The third-order valence-electron chi connectivity index (χ3n) is 19.6. The Morgan fingerprint density at radius 2 is 0.420 bits per heavy atom. The van der Waals surface area contributed by atoms with Crippen LogP contribution in [0, 0.1) is 0 Å². The molecule has 0 rings (SSSR count). The van der Waals surface area contributed by atoms with Crippen molar-refractivity contribution in [3.05, 3.63) is 182 Å². The number of phosphoric ester groups is 2. The molecule has 0 heterocycles. The number of carbonyl (C=O) groups excluding carboxylic acids is 3. The van der Waals surface area contributed by atoms with Gasteiger partial charge in [-0.25, -0.2) is 9.13 Å². The van der Waals surface area contributed by atoms with Crippen LogP contribution >= 0.6 is 15.6 Å². The van der Waals surface area contributed by atoms with Gasteiger partial charge in [-0.05, 0) is 154 Å². The van der Waals surface area contributed by atoms with Gasteiger partial charge in [-0.1, -0.05) is 389 Å². The minimum Gasteiger partial charge on any atom is -0.463 e. The van der Waals surface area contributed by atoms with Gasteiger partial charge in [0.05, 0.1) is 26.4 Å². The molecule has 0 saturated carbocycles. The van der Waals surface area contributed by atoms with E-state index in [1.807, 2.05) is 0 Å². The molecule has 5 atom stereocenters. The number of ether oxygens (including phenoxy) is 3. The lowest BCUT2D eigenvalue weighted by Gasteiger charge is -2.21. The van der Waals surface area contributed by atoms with Gasteiger partial charge in [0.15, 0.2) is 6.10 Å². The highest BCUT2D eigenvalue weighted by Crippen LogP contribution is 2.45. The van der Waals surface area contributed by atoms with Crippen LogP contribution in [0.15, 0.2) is 182 Å². The molecular weight excluding hydrogens is 1530 g/mol. The summed E-state index contributed by atoms with van der Waals surface area (Å²) >= 11 is 0. The second-order valence-corrected chi connectivity index (χ2v) is 33.9. The standard InChI is InChI=1S/C101H170O16P2/c1-4-7-10-13-16-19-22-25-28-31-34-37-40-42-44-45-46-47-48-49-51-53-55-57-60-63-66-69-72-75-78-81-84-87-99(104)111-90-96(102)91-113-118(107,108)114-92-97(103)93-115-119(109,110)116-95-98(117-101(106)89-86-83-80-77-74-71-68-65-62-59-54-39-36-33-30-27-24-21-18-15-12-9-6-3)94-112-100(105)88-85-82-79-76-73-70-67-64-61-58-56-52-50-43-41-38-35-32-29-26-23-20-17-14-11-8-5-2/h7-12,16-21,25-30,34-39,42-44,50,59,62,96-98,102-103H,4-6,13-15,22-24,31-33,40-41,45-49,51-58,60-61,63-95H2,1-3H3,(H,107,108)(H,109,110)/b10-7-,11-8-,12-9-,19-16-,20-17-,21-18-,28-25-,29-26-,30-27-,37-34-,38-35-,39-36-,44-42-,50-43-,62-59-. The maximum absolute atomic E-state index is 13.1. The Labute approximate surface area is 725 Å². The number of hydrogen-bond donors (Lipinski definition) is 4. The van der Waals surface area contributed by atoms with Crippen LogP contribution in [0.3, 0.4) is 0 Å². The van der Waals surface area contributed by atoms with Crippen LogP contribution in [0.1, 0.15) is 380 Å². The van der Waals surface area contributed by atoms with Crippen molar-refractivity contribution >= 4 is 33.6 Å². The highest BCUT2D eigenvalue weighted by molar-refractivity contribution is 7.47. The molecule has 119 heavy (non-hydrogen) atoms.